The minimum atomic E-state index is -0.545. The second kappa shape index (κ2) is 6.41. The third-order valence-corrected chi connectivity index (χ3v) is 5.52. The van der Waals surface area contributed by atoms with E-state index in [2.05, 4.69) is 29.1 Å². The number of nitrogens with zero attached hydrogens (tertiary/aromatic N) is 4. The zero-order valence-corrected chi connectivity index (χ0v) is 15.0. The summed E-state index contributed by atoms with van der Waals surface area (Å²) in [4.78, 5) is 22.5. The molecule has 0 aliphatic heterocycles. The van der Waals surface area contributed by atoms with Gasteiger partial charge < -0.3 is 5.32 Å². The van der Waals surface area contributed by atoms with E-state index in [1.807, 2.05) is 6.19 Å². The fourth-order valence-electron chi connectivity index (χ4n) is 2.78. The Kier molecular flexibility index (Phi) is 4.43. The van der Waals surface area contributed by atoms with Gasteiger partial charge in [0.1, 0.15) is 11.5 Å². The highest BCUT2D eigenvalue weighted by Crippen LogP contribution is 2.40. The highest BCUT2D eigenvalue weighted by molar-refractivity contribution is 7.16. The molecule has 1 N–H and O–H groups in total. The van der Waals surface area contributed by atoms with Gasteiger partial charge in [0.05, 0.1) is 18.1 Å². The van der Waals surface area contributed by atoms with E-state index in [4.69, 9.17) is 0 Å². The number of rotatable bonds is 4. The van der Waals surface area contributed by atoms with E-state index >= 15 is 0 Å². The Bertz CT molecular complexity index is 857. The topological polar surface area (TPSA) is 81.9 Å². The van der Waals surface area contributed by atoms with Gasteiger partial charge in [0, 0.05) is 17.0 Å². The Hall–Kier alpha value is -2.53. The molecule has 8 heteroatoms. The van der Waals surface area contributed by atoms with Gasteiger partial charge in [0.25, 0.3) is 5.91 Å². The summed E-state index contributed by atoms with van der Waals surface area (Å²) in [6.45, 7) is 6.02. The third-order valence-electron chi connectivity index (χ3n) is 4.57. The monoisotopic (exact) mass is 359 g/mol. The van der Waals surface area contributed by atoms with Crippen molar-refractivity contribution in [1.82, 2.24) is 15.3 Å². The summed E-state index contributed by atoms with van der Waals surface area (Å²) in [7, 11) is 0. The average Bonchev–Trinajstić information content (AvgIpc) is 2.94. The molecule has 0 radical (unpaired) electrons. The summed E-state index contributed by atoms with van der Waals surface area (Å²) in [5.74, 6) is -0.788. The van der Waals surface area contributed by atoms with Crippen LogP contribution in [0.5, 0.6) is 0 Å². The number of thiazole rings is 1. The van der Waals surface area contributed by atoms with Gasteiger partial charge >= 0.3 is 0 Å². The molecule has 2 aromatic heterocycles. The molecule has 0 aromatic carbocycles. The number of hydrogen-bond acceptors (Lipinski definition) is 6. The Morgan fingerprint density at radius 3 is 2.84 bits per heavy atom. The van der Waals surface area contributed by atoms with Gasteiger partial charge in [-0.15, -0.1) is 11.3 Å². The number of amides is 1. The van der Waals surface area contributed by atoms with E-state index in [1.165, 1.54) is 23.6 Å². The second-order valence-electron chi connectivity index (χ2n) is 6.75. The molecule has 0 spiro atoms. The third kappa shape index (κ3) is 3.33. The summed E-state index contributed by atoms with van der Waals surface area (Å²) >= 11 is 1.21. The van der Waals surface area contributed by atoms with Crippen molar-refractivity contribution in [2.45, 2.75) is 39.7 Å². The highest BCUT2D eigenvalue weighted by Gasteiger charge is 2.39. The minimum Gasteiger partial charge on any atom is -0.347 e. The lowest BCUT2D eigenvalue weighted by Gasteiger charge is -2.44. The number of carbonyl (C=O) groups is 1. The van der Waals surface area contributed by atoms with Crippen molar-refractivity contribution in [3.63, 3.8) is 0 Å². The van der Waals surface area contributed by atoms with Crippen LogP contribution in [0.25, 0.3) is 0 Å². The van der Waals surface area contributed by atoms with E-state index in [9.17, 15) is 14.4 Å². The van der Waals surface area contributed by atoms with Gasteiger partial charge in [-0.3, -0.25) is 9.78 Å². The molecule has 6 nitrogen and oxygen atoms in total. The molecule has 2 aromatic rings. The van der Waals surface area contributed by atoms with Crippen molar-refractivity contribution < 1.29 is 9.18 Å². The van der Waals surface area contributed by atoms with Crippen molar-refractivity contribution in [1.29, 1.82) is 5.26 Å². The van der Waals surface area contributed by atoms with Crippen molar-refractivity contribution in [3.8, 4) is 6.19 Å². The second-order valence-corrected chi connectivity index (χ2v) is 7.93. The van der Waals surface area contributed by atoms with Crippen LogP contribution in [0.4, 0.5) is 15.2 Å². The van der Waals surface area contributed by atoms with E-state index < -0.39 is 5.82 Å². The Morgan fingerprint density at radius 1 is 1.52 bits per heavy atom. The molecule has 0 bridgehead atoms. The molecule has 1 amide bonds. The molecule has 0 saturated heterocycles. The largest absolute Gasteiger partial charge is 0.347 e. The lowest BCUT2D eigenvalue weighted by molar-refractivity contribution is 0.0728. The standard InChI is InChI=1S/C17H18FN5OS/c1-10-14(15(24)21-13-4-5-17(13,2)3)22-16(25-10)23(9-19)12-6-11(18)7-20-8-12/h6-8,13H,4-5H2,1-3H3,(H,21,24). The molecular formula is C17H18FN5OS. The van der Waals surface area contributed by atoms with Gasteiger partial charge in [-0.2, -0.15) is 5.26 Å². The van der Waals surface area contributed by atoms with Crippen LogP contribution in [-0.4, -0.2) is 21.9 Å². The first kappa shape index (κ1) is 17.3. The van der Waals surface area contributed by atoms with Gasteiger partial charge in [-0.05, 0) is 25.2 Å². The van der Waals surface area contributed by atoms with E-state index in [0.29, 0.717) is 15.7 Å². The zero-order chi connectivity index (χ0) is 18.2. The maximum absolute atomic E-state index is 13.4. The molecule has 1 unspecified atom stereocenters. The Labute approximate surface area is 149 Å². The number of halogens is 1. The summed E-state index contributed by atoms with van der Waals surface area (Å²) in [5.41, 5.74) is 0.657. The Morgan fingerprint density at radius 2 is 2.28 bits per heavy atom. The number of nitriles is 1. The van der Waals surface area contributed by atoms with Crippen LogP contribution in [0.1, 0.15) is 42.1 Å². The quantitative estimate of drug-likeness (QED) is 0.667. The number of aryl methyl sites for hydroxylation is 1. The number of nitrogens with one attached hydrogen (secondary N) is 1. The van der Waals surface area contributed by atoms with E-state index in [1.54, 1.807) is 6.92 Å². The molecule has 1 atom stereocenters. The van der Waals surface area contributed by atoms with Crippen molar-refractivity contribution in [2.75, 3.05) is 4.90 Å². The van der Waals surface area contributed by atoms with Gasteiger partial charge in [-0.25, -0.2) is 14.3 Å². The summed E-state index contributed by atoms with van der Waals surface area (Å²) in [5, 5.41) is 12.7. The molecule has 1 aliphatic rings. The van der Waals surface area contributed by atoms with Crippen LogP contribution in [0.3, 0.4) is 0 Å². The fourth-order valence-corrected chi connectivity index (χ4v) is 3.67. The lowest BCUT2D eigenvalue weighted by atomic mass is 9.67. The minimum absolute atomic E-state index is 0.0916. The molecule has 25 heavy (non-hydrogen) atoms. The van der Waals surface area contributed by atoms with Crippen molar-refractivity contribution >= 4 is 28.1 Å². The number of carbonyl (C=O) groups excluding carboxylic acids is 1. The maximum Gasteiger partial charge on any atom is 0.271 e. The highest BCUT2D eigenvalue weighted by atomic mass is 32.1. The predicted octanol–water partition coefficient (Wildman–Crippen LogP) is 3.52. The van der Waals surface area contributed by atoms with Gasteiger partial charge in [0.2, 0.25) is 5.13 Å². The van der Waals surface area contributed by atoms with Crippen molar-refractivity contribution in [2.24, 2.45) is 5.41 Å². The molecule has 3 rings (SSSR count). The lowest BCUT2D eigenvalue weighted by Crippen LogP contribution is -2.52. The van der Waals surface area contributed by atoms with Crippen LogP contribution >= 0.6 is 11.3 Å². The normalized spacial score (nSPS) is 18.1. The van der Waals surface area contributed by atoms with Crippen LogP contribution in [0.15, 0.2) is 18.5 Å². The number of pyridine rings is 1. The predicted molar refractivity (Wildman–Crippen MR) is 93.1 cm³/mol. The number of anilines is 2. The molecule has 130 valence electrons. The van der Waals surface area contributed by atoms with E-state index in [-0.39, 0.29) is 23.1 Å². The zero-order valence-electron chi connectivity index (χ0n) is 14.2. The molecule has 1 fully saturated rings. The summed E-state index contributed by atoms with van der Waals surface area (Å²) in [6, 6.07) is 1.33. The summed E-state index contributed by atoms with van der Waals surface area (Å²) in [6.07, 6.45) is 6.43. The SMILES string of the molecule is Cc1sc(N(C#N)c2cncc(F)c2)nc1C(=O)NC1CCC1(C)C. The van der Waals surface area contributed by atoms with Crippen LogP contribution in [0.2, 0.25) is 0 Å². The molecule has 2 heterocycles. The molecule has 1 saturated carbocycles. The first-order valence-corrected chi connectivity index (χ1v) is 8.72. The summed E-state index contributed by atoms with van der Waals surface area (Å²) < 4.78 is 13.4. The number of hydrogen-bond donors (Lipinski definition) is 1. The van der Waals surface area contributed by atoms with E-state index in [0.717, 1.165) is 23.9 Å². The van der Waals surface area contributed by atoms with Crippen molar-refractivity contribution in [3.05, 3.63) is 34.8 Å². The Balaban J connectivity index is 1.84. The van der Waals surface area contributed by atoms with Gasteiger partial charge in [-0.1, -0.05) is 13.8 Å². The number of aromatic nitrogens is 2. The maximum atomic E-state index is 13.4. The first-order chi connectivity index (χ1) is 11.8. The average molecular weight is 359 g/mol. The first-order valence-electron chi connectivity index (χ1n) is 7.90. The van der Waals surface area contributed by atoms with Crippen LogP contribution in [0, 0.1) is 29.6 Å². The van der Waals surface area contributed by atoms with Crippen LogP contribution in [-0.2, 0) is 0 Å². The molecule has 1 aliphatic carbocycles. The van der Waals surface area contributed by atoms with Crippen LogP contribution < -0.4 is 10.2 Å². The smallest absolute Gasteiger partial charge is 0.271 e. The fraction of sp³-hybridized carbons (Fsp3) is 0.412. The molecular weight excluding hydrogens is 341 g/mol. The van der Waals surface area contributed by atoms with Gasteiger partial charge in [0.15, 0.2) is 6.19 Å².